The minimum atomic E-state index is -3.93. The third-order valence-electron chi connectivity index (χ3n) is 6.03. The SMILES string of the molecule is CCCN1CCC(c2ccccc2NS(=O)(=O)c2cccc(-c3csnn3)c2-c2csnn2)C1. The Hall–Kier alpha value is -2.73. The van der Waals surface area contributed by atoms with Gasteiger partial charge in [0.05, 0.1) is 10.6 Å². The summed E-state index contributed by atoms with van der Waals surface area (Å²) in [6, 6.07) is 12.9. The normalized spacial score (nSPS) is 16.7. The molecule has 34 heavy (non-hydrogen) atoms. The van der Waals surface area contributed by atoms with Crippen LogP contribution in [0.1, 0.15) is 31.2 Å². The number of benzene rings is 2. The number of sulfonamides is 1. The van der Waals surface area contributed by atoms with Gasteiger partial charge in [-0.15, -0.1) is 10.2 Å². The van der Waals surface area contributed by atoms with Crippen molar-refractivity contribution in [2.24, 2.45) is 0 Å². The van der Waals surface area contributed by atoms with Gasteiger partial charge in [0.15, 0.2) is 0 Å². The first-order chi connectivity index (χ1) is 16.6. The summed E-state index contributed by atoms with van der Waals surface area (Å²) in [5, 5.41) is 11.9. The second kappa shape index (κ2) is 9.87. The van der Waals surface area contributed by atoms with Gasteiger partial charge in [0.1, 0.15) is 11.4 Å². The van der Waals surface area contributed by atoms with Crippen molar-refractivity contribution in [2.75, 3.05) is 24.4 Å². The molecule has 0 radical (unpaired) electrons. The van der Waals surface area contributed by atoms with E-state index in [2.05, 4.69) is 35.7 Å². The van der Waals surface area contributed by atoms with E-state index in [9.17, 15) is 8.42 Å². The van der Waals surface area contributed by atoms with Crippen LogP contribution in [-0.4, -0.2) is 52.1 Å². The van der Waals surface area contributed by atoms with Gasteiger partial charge in [-0.05, 0) is 72.6 Å². The first kappa shape index (κ1) is 23.0. The van der Waals surface area contributed by atoms with Crippen molar-refractivity contribution >= 4 is 38.8 Å². The van der Waals surface area contributed by atoms with Crippen LogP contribution in [0, 0.1) is 0 Å². The lowest BCUT2D eigenvalue weighted by molar-refractivity contribution is 0.335. The summed E-state index contributed by atoms with van der Waals surface area (Å²) < 4.78 is 38.3. The molecule has 8 nitrogen and oxygen atoms in total. The van der Waals surface area contributed by atoms with Gasteiger partial charge in [0.25, 0.3) is 10.0 Å². The zero-order chi connectivity index (χ0) is 23.5. The molecule has 1 aliphatic heterocycles. The third kappa shape index (κ3) is 4.61. The molecule has 1 unspecified atom stereocenters. The first-order valence-corrected chi connectivity index (χ1v) is 14.2. The molecule has 3 heterocycles. The third-order valence-corrected chi connectivity index (χ3v) is 8.44. The number of nitrogens with zero attached hydrogens (tertiary/aromatic N) is 5. The number of hydrogen-bond acceptors (Lipinski definition) is 9. The van der Waals surface area contributed by atoms with Crippen molar-refractivity contribution in [1.82, 2.24) is 24.1 Å². The maximum atomic E-state index is 13.8. The molecule has 1 atom stereocenters. The van der Waals surface area contributed by atoms with Crippen LogP contribution in [0.15, 0.2) is 58.1 Å². The summed E-state index contributed by atoms with van der Waals surface area (Å²) in [5.41, 5.74) is 3.88. The lowest BCUT2D eigenvalue weighted by Gasteiger charge is -2.19. The van der Waals surface area contributed by atoms with E-state index in [1.165, 1.54) is 23.1 Å². The highest BCUT2D eigenvalue weighted by Crippen LogP contribution is 2.38. The average molecular weight is 513 g/mol. The lowest BCUT2D eigenvalue weighted by Crippen LogP contribution is -2.21. The van der Waals surface area contributed by atoms with Crippen LogP contribution < -0.4 is 4.72 Å². The topological polar surface area (TPSA) is 101 Å². The van der Waals surface area contributed by atoms with Gasteiger partial charge in [-0.3, -0.25) is 4.72 Å². The van der Waals surface area contributed by atoms with Gasteiger partial charge in [0, 0.05) is 28.4 Å². The zero-order valence-electron chi connectivity index (χ0n) is 18.6. The number of rotatable bonds is 8. The highest BCUT2D eigenvalue weighted by Gasteiger charge is 2.29. The highest BCUT2D eigenvalue weighted by molar-refractivity contribution is 7.92. The summed E-state index contributed by atoms with van der Waals surface area (Å²) in [6.07, 6.45) is 2.13. The number of aromatic nitrogens is 4. The molecule has 0 aliphatic carbocycles. The maximum absolute atomic E-state index is 13.8. The van der Waals surface area contributed by atoms with Gasteiger partial charge in [-0.1, -0.05) is 46.2 Å². The smallest absolute Gasteiger partial charge is 0.262 e. The molecule has 11 heteroatoms. The second-order valence-electron chi connectivity index (χ2n) is 8.24. The molecule has 0 saturated carbocycles. The van der Waals surface area contributed by atoms with Gasteiger partial charge in [-0.25, -0.2) is 8.42 Å². The van der Waals surface area contributed by atoms with Crippen LogP contribution in [0.3, 0.4) is 0 Å². The Morgan fingerprint density at radius 2 is 1.79 bits per heavy atom. The van der Waals surface area contributed by atoms with Crippen LogP contribution in [0.25, 0.3) is 22.5 Å². The van der Waals surface area contributed by atoms with E-state index in [1.807, 2.05) is 30.3 Å². The maximum Gasteiger partial charge on any atom is 0.262 e. The fraction of sp³-hybridized carbons (Fsp3) is 0.304. The molecule has 5 rings (SSSR count). The summed E-state index contributed by atoms with van der Waals surface area (Å²) in [4.78, 5) is 2.58. The highest BCUT2D eigenvalue weighted by atomic mass is 32.2. The molecule has 4 aromatic rings. The molecule has 0 bridgehead atoms. The van der Waals surface area contributed by atoms with E-state index >= 15 is 0 Å². The van der Waals surface area contributed by atoms with Crippen LogP contribution in [-0.2, 0) is 10.0 Å². The van der Waals surface area contributed by atoms with E-state index in [1.54, 1.807) is 22.9 Å². The molecule has 2 aromatic heterocycles. The fourth-order valence-corrected chi connectivity index (χ4v) is 6.77. The van der Waals surface area contributed by atoms with Gasteiger partial charge in [-0.2, -0.15) is 0 Å². The lowest BCUT2D eigenvalue weighted by atomic mass is 9.97. The van der Waals surface area contributed by atoms with E-state index in [-0.39, 0.29) is 4.90 Å². The molecule has 0 spiro atoms. The molecule has 0 amide bonds. The second-order valence-corrected chi connectivity index (χ2v) is 11.1. The van der Waals surface area contributed by atoms with Crippen molar-refractivity contribution in [3.05, 3.63) is 58.8 Å². The quantitative estimate of drug-likeness (QED) is 0.364. The number of para-hydroxylation sites is 1. The Labute approximate surface area is 207 Å². The minimum Gasteiger partial charge on any atom is -0.303 e. The molecule has 176 valence electrons. The Kier molecular flexibility index (Phi) is 6.68. The van der Waals surface area contributed by atoms with Crippen molar-refractivity contribution in [3.63, 3.8) is 0 Å². The summed E-state index contributed by atoms with van der Waals surface area (Å²) in [5.74, 6) is 0.292. The summed E-state index contributed by atoms with van der Waals surface area (Å²) in [7, 11) is -3.93. The average Bonchev–Trinajstić information content (AvgIpc) is 3.62. The first-order valence-electron chi connectivity index (χ1n) is 11.1. The van der Waals surface area contributed by atoms with Crippen molar-refractivity contribution in [1.29, 1.82) is 0 Å². The van der Waals surface area contributed by atoms with Crippen molar-refractivity contribution < 1.29 is 8.42 Å². The predicted octanol–water partition coefficient (Wildman–Crippen LogP) is 4.72. The molecular weight excluding hydrogens is 488 g/mol. The largest absolute Gasteiger partial charge is 0.303 e. The Morgan fingerprint density at radius 1 is 1.03 bits per heavy atom. The molecular formula is C23H24N6O2S3. The fourth-order valence-electron chi connectivity index (χ4n) is 4.54. The standard InChI is InChI=1S/C23H24N6O2S3/c1-2-11-29-12-10-16(13-29)17-6-3-4-8-19(17)26-34(30,31)22-9-5-7-18(20-14-32-27-24-20)23(22)21-15-33-28-25-21/h3-9,14-16,26H,2,10-13H2,1H3. The molecule has 1 N–H and O–H groups in total. The van der Waals surface area contributed by atoms with E-state index in [0.29, 0.717) is 34.1 Å². The van der Waals surface area contributed by atoms with Crippen LogP contribution in [0.4, 0.5) is 5.69 Å². The Balaban J connectivity index is 1.54. The van der Waals surface area contributed by atoms with Gasteiger partial charge in [0.2, 0.25) is 0 Å². The van der Waals surface area contributed by atoms with E-state index in [0.717, 1.165) is 38.0 Å². The number of hydrogen-bond donors (Lipinski definition) is 1. The van der Waals surface area contributed by atoms with Crippen LogP contribution in [0.5, 0.6) is 0 Å². The number of likely N-dealkylation sites (tertiary alicyclic amines) is 1. The van der Waals surface area contributed by atoms with Crippen molar-refractivity contribution in [3.8, 4) is 22.5 Å². The summed E-state index contributed by atoms with van der Waals surface area (Å²) in [6.45, 7) is 5.22. The molecule has 1 fully saturated rings. The van der Waals surface area contributed by atoms with Gasteiger partial charge < -0.3 is 4.90 Å². The number of nitrogens with one attached hydrogen (secondary N) is 1. The zero-order valence-corrected chi connectivity index (χ0v) is 21.0. The predicted molar refractivity (Wildman–Crippen MR) is 136 cm³/mol. The van der Waals surface area contributed by atoms with Crippen LogP contribution in [0.2, 0.25) is 0 Å². The van der Waals surface area contributed by atoms with E-state index < -0.39 is 10.0 Å². The van der Waals surface area contributed by atoms with Gasteiger partial charge >= 0.3 is 0 Å². The minimum absolute atomic E-state index is 0.138. The molecule has 1 aliphatic rings. The Morgan fingerprint density at radius 3 is 2.53 bits per heavy atom. The van der Waals surface area contributed by atoms with Crippen LogP contribution >= 0.6 is 23.1 Å². The van der Waals surface area contributed by atoms with Crippen molar-refractivity contribution in [2.45, 2.75) is 30.6 Å². The van der Waals surface area contributed by atoms with E-state index in [4.69, 9.17) is 0 Å². The monoisotopic (exact) mass is 512 g/mol. The Bertz CT molecular complexity index is 1360. The molecule has 1 saturated heterocycles. The molecule has 2 aromatic carbocycles. The number of anilines is 1. The summed E-state index contributed by atoms with van der Waals surface area (Å²) >= 11 is 2.38.